The van der Waals surface area contributed by atoms with Crippen molar-refractivity contribution in [2.75, 3.05) is 0 Å². The fourth-order valence-corrected chi connectivity index (χ4v) is 2.73. The Labute approximate surface area is 100 Å². The van der Waals surface area contributed by atoms with Crippen LogP contribution in [0.1, 0.15) is 27.2 Å². The lowest BCUT2D eigenvalue weighted by Gasteiger charge is -2.36. The van der Waals surface area contributed by atoms with Crippen LogP contribution >= 0.6 is 7.82 Å². The molecule has 0 aromatic heterocycles. The highest BCUT2D eigenvalue weighted by molar-refractivity contribution is 7.46. The van der Waals surface area contributed by atoms with E-state index in [9.17, 15) is 9.36 Å². The fraction of sp³-hybridized carbons (Fsp3) is 0.545. The molecule has 0 radical (unpaired) electrons. The third kappa shape index (κ3) is 3.13. The second kappa shape index (κ2) is 4.50. The Hall–Kier alpha value is -0.740. The van der Waals surface area contributed by atoms with Gasteiger partial charge in [-0.25, -0.2) is 4.57 Å². The third-order valence-electron chi connectivity index (χ3n) is 2.96. The molecule has 1 aliphatic carbocycles. The molecule has 6 heteroatoms. The van der Waals surface area contributed by atoms with Crippen LogP contribution in [0.3, 0.4) is 0 Å². The molecule has 0 saturated heterocycles. The summed E-state index contributed by atoms with van der Waals surface area (Å²) < 4.78 is 15.3. The molecule has 0 aromatic carbocycles. The number of phosphoric ester groups is 1. The summed E-state index contributed by atoms with van der Waals surface area (Å²) in [6.45, 7) is 9.05. The van der Waals surface area contributed by atoms with Crippen molar-refractivity contribution in [1.82, 2.24) is 0 Å². The average molecular weight is 260 g/mol. The lowest BCUT2D eigenvalue weighted by Crippen LogP contribution is -2.37. The number of hydrogen-bond acceptors (Lipinski definition) is 3. The highest BCUT2D eigenvalue weighted by Gasteiger charge is 2.40. The number of rotatable bonds is 3. The van der Waals surface area contributed by atoms with Crippen molar-refractivity contribution in [2.24, 2.45) is 5.41 Å². The Balaban J connectivity index is 3.12. The van der Waals surface area contributed by atoms with Gasteiger partial charge in [-0.1, -0.05) is 26.5 Å². The molecule has 1 aliphatic rings. The highest BCUT2D eigenvalue weighted by atomic mass is 31.2. The normalized spacial score (nSPS) is 25.0. The van der Waals surface area contributed by atoms with Gasteiger partial charge in [0.05, 0.1) is 0 Å². The zero-order valence-corrected chi connectivity index (χ0v) is 11.0. The van der Waals surface area contributed by atoms with Crippen molar-refractivity contribution in [1.29, 1.82) is 0 Å². The van der Waals surface area contributed by atoms with Crippen LogP contribution in [-0.2, 0) is 13.9 Å². The van der Waals surface area contributed by atoms with Gasteiger partial charge in [-0.15, -0.1) is 0 Å². The highest BCUT2D eigenvalue weighted by Crippen LogP contribution is 2.46. The van der Waals surface area contributed by atoms with Crippen LogP contribution in [0.2, 0.25) is 0 Å². The molecule has 0 fully saturated rings. The maximum absolute atomic E-state index is 11.9. The first-order chi connectivity index (χ1) is 7.58. The Kier molecular flexibility index (Phi) is 3.79. The summed E-state index contributed by atoms with van der Waals surface area (Å²) in [6.07, 6.45) is 0.755. The summed E-state index contributed by atoms with van der Waals surface area (Å²) in [5.74, 6) is -0.387. The standard InChI is InChI=1S/C11H17O5P/c1-5-8-7(2)10(12)9(6-11(8,3)4)16-17(13,14)15/h5,9H,1,6H2,2-4H3,(H2,13,14,15). The van der Waals surface area contributed by atoms with Gasteiger partial charge in [0, 0.05) is 0 Å². The average Bonchev–Trinajstić information content (AvgIpc) is 2.11. The molecule has 1 atom stereocenters. The van der Waals surface area contributed by atoms with Gasteiger partial charge in [0.15, 0.2) is 5.78 Å². The van der Waals surface area contributed by atoms with Crippen LogP contribution in [-0.4, -0.2) is 21.7 Å². The molecule has 0 spiro atoms. The van der Waals surface area contributed by atoms with Crippen LogP contribution in [0.15, 0.2) is 23.8 Å². The molecule has 1 rings (SSSR count). The van der Waals surface area contributed by atoms with E-state index < -0.39 is 13.9 Å². The van der Waals surface area contributed by atoms with E-state index in [4.69, 9.17) is 9.79 Å². The van der Waals surface area contributed by atoms with E-state index in [1.54, 1.807) is 13.0 Å². The largest absolute Gasteiger partial charge is 0.470 e. The topological polar surface area (TPSA) is 83.8 Å². The SMILES string of the molecule is C=CC1=C(C)C(=O)C(OP(=O)(O)O)CC1(C)C. The van der Waals surface area contributed by atoms with Gasteiger partial charge in [-0.05, 0) is 29.9 Å². The number of carbonyl (C=O) groups is 1. The molecule has 0 heterocycles. The van der Waals surface area contributed by atoms with Crippen LogP contribution in [0, 0.1) is 5.41 Å². The smallest absolute Gasteiger partial charge is 0.303 e. The quantitative estimate of drug-likeness (QED) is 0.758. The molecule has 96 valence electrons. The minimum Gasteiger partial charge on any atom is -0.303 e. The van der Waals surface area contributed by atoms with Crippen molar-refractivity contribution in [3.05, 3.63) is 23.8 Å². The number of allylic oxidation sites excluding steroid dienone is 2. The number of ketones is 1. The summed E-state index contributed by atoms with van der Waals surface area (Å²) >= 11 is 0. The van der Waals surface area contributed by atoms with E-state index >= 15 is 0 Å². The monoisotopic (exact) mass is 260 g/mol. The molecule has 0 saturated carbocycles. The molecule has 17 heavy (non-hydrogen) atoms. The summed E-state index contributed by atoms with van der Waals surface area (Å²) in [5, 5.41) is 0. The third-order valence-corrected chi connectivity index (χ3v) is 3.49. The predicted molar refractivity (Wildman–Crippen MR) is 63.2 cm³/mol. The summed E-state index contributed by atoms with van der Waals surface area (Å²) in [4.78, 5) is 29.4. The minimum absolute atomic E-state index is 0.232. The van der Waals surface area contributed by atoms with E-state index in [2.05, 4.69) is 11.1 Å². The molecule has 0 amide bonds. The van der Waals surface area contributed by atoms with E-state index in [-0.39, 0.29) is 17.6 Å². The molecule has 0 bridgehead atoms. The maximum atomic E-state index is 11.9. The van der Waals surface area contributed by atoms with E-state index in [1.165, 1.54) is 0 Å². The molecular formula is C11H17O5P. The molecule has 0 aliphatic heterocycles. The van der Waals surface area contributed by atoms with Crippen molar-refractivity contribution in [3.63, 3.8) is 0 Å². The number of carbonyl (C=O) groups excluding carboxylic acids is 1. The lowest BCUT2D eigenvalue weighted by atomic mass is 9.71. The van der Waals surface area contributed by atoms with Gasteiger partial charge in [0.2, 0.25) is 0 Å². The summed E-state index contributed by atoms with van der Waals surface area (Å²) in [6, 6.07) is 0. The Morgan fingerprint density at radius 3 is 2.47 bits per heavy atom. The first-order valence-electron chi connectivity index (χ1n) is 5.20. The fourth-order valence-electron chi connectivity index (χ4n) is 2.23. The second-order valence-electron chi connectivity index (χ2n) is 4.78. The molecule has 1 unspecified atom stereocenters. The Morgan fingerprint density at radius 2 is 2.06 bits per heavy atom. The number of hydrogen-bond donors (Lipinski definition) is 2. The zero-order valence-electron chi connectivity index (χ0n) is 10.1. The van der Waals surface area contributed by atoms with Gasteiger partial charge in [-0.3, -0.25) is 9.32 Å². The van der Waals surface area contributed by atoms with E-state index in [0.29, 0.717) is 5.57 Å². The number of phosphoric acid groups is 1. The first kappa shape index (κ1) is 14.3. The second-order valence-corrected chi connectivity index (χ2v) is 5.97. The van der Waals surface area contributed by atoms with Gasteiger partial charge in [-0.2, -0.15) is 0 Å². The van der Waals surface area contributed by atoms with E-state index in [1.807, 2.05) is 13.8 Å². The maximum Gasteiger partial charge on any atom is 0.470 e. The van der Waals surface area contributed by atoms with Crippen molar-refractivity contribution in [2.45, 2.75) is 33.3 Å². The summed E-state index contributed by atoms with van der Waals surface area (Å²) in [7, 11) is -4.65. The van der Waals surface area contributed by atoms with Gasteiger partial charge in [0.25, 0.3) is 0 Å². The van der Waals surface area contributed by atoms with Crippen LogP contribution in [0.25, 0.3) is 0 Å². The molecule has 5 nitrogen and oxygen atoms in total. The van der Waals surface area contributed by atoms with Gasteiger partial charge in [0.1, 0.15) is 6.10 Å². The van der Waals surface area contributed by atoms with Crippen molar-refractivity contribution < 1.29 is 23.7 Å². The Bertz CT molecular complexity index is 429. The molecule has 0 aromatic rings. The lowest BCUT2D eigenvalue weighted by molar-refractivity contribution is -0.125. The number of Topliss-reactive ketones (excluding diaryl/α,β-unsaturated/α-hetero) is 1. The predicted octanol–water partition coefficient (Wildman–Crippen LogP) is 1.97. The molecular weight excluding hydrogens is 243 g/mol. The van der Waals surface area contributed by atoms with Gasteiger partial charge < -0.3 is 9.79 Å². The van der Waals surface area contributed by atoms with Crippen LogP contribution < -0.4 is 0 Å². The van der Waals surface area contributed by atoms with Gasteiger partial charge >= 0.3 is 7.82 Å². The first-order valence-corrected chi connectivity index (χ1v) is 6.73. The zero-order chi connectivity index (χ0) is 13.4. The minimum atomic E-state index is -4.65. The van der Waals surface area contributed by atoms with Crippen LogP contribution in [0.4, 0.5) is 0 Å². The summed E-state index contributed by atoms with van der Waals surface area (Å²) in [5.41, 5.74) is 0.863. The van der Waals surface area contributed by atoms with Crippen LogP contribution in [0.5, 0.6) is 0 Å². The van der Waals surface area contributed by atoms with Crippen molar-refractivity contribution in [3.8, 4) is 0 Å². The van der Waals surface area contributed by atoms with Crippen molar-refractivity contribution >= 4 is 13.6 Å². The van der Waals surface area contributed by atoms with E-state index in [0.717, 1.165) is 5.57 Å². The molecule has 2 N–H and O–H groups in total. The Morgan fingerprint density at radius 1 is 1.53 bits per heavy atom.